The molecule has 1 aliphatic heterocycles. The zero-order valence-electron chi connectivity index (χ0n) is 12.4. The number of carboxylic acids is 1. The molecule has 20 heavy (non-hydrogen) atoms. The van der Waals surface area contributed by atoms with Crippen LogP contribution in [0.2, 0.25) is 0 Å². The minimum atomic E-state index is -1.12. The van der Waals surface area contributed by atoms with Gasteiger partial charge in [0.25, 0.3) is 0 Å². The van der Waals surface area contributed by atoms with Crippen molar-refractivity contribution in [3.05, 3.63) is 29.3 Å². The van der Waals surface area contributed by atoms with Crippen LogP contribution in [0.4, 0.5) is 5.69 Å². The van der Waals surface area contributed by atoms with Crippen molar-refractivity contribution in [2.75, 3.05) is 18.0 Å². The number of nitrogens with two attached hydrogens (primary N) is 1. The molecule has 2 rings (SSSR count). The number of carbonyl (C=O) groups is 1. The van der Waals surface area contributed by atoms with Crippen LogP contribution >= 0.6 is 0 Å². The summed E-state index contributed by atoms with van der Waals surface area (Å²) in [6, 6.07) is 6.58. The van der Waals surface area contributed by atoms with E-state index in [1.807, 2.05) is 0 Å². The van der Waals surface area contributed by atoms with Crippen LogP contribution in [0, 0.1) is 6.92 Å². The van der Waals surface area contributed by atoms with Crippen molar-refractivity contribution in [2.24, 2.45) is 5.73 Å². The quantitative estimate of drug-likeness (QED) is 0.866. The van der Waals surface area contributed by atoms with Gasteiger partial charge in [0.2, 0.25) is 0 Å². The zero-order valence-corrected chi connectivity index (χ0v) is 12.4. The van der Waals surface area contributed by atoms with Gasteiger partial charge in [0.15, 0.2) is 0 Å². The summed E-state index contributed by atoms with van der Waals surface area (Å²) in [7, 11) is 0. The minimum absolute atomic E-state index is 0.500. The molecule has 1 aromatic carbocycles. The summed E-state index contributed by atoms with van der Waals surface area (Å²) in [5.41, 5.74) is 8.66. The van der Waals surface area contributed by atoms with Gasteiger partial charge in [0, 0.05) is 18.8 Å². The summed E-state index contributed by atoms with van der Waals surface area (Å²) >= 11 is 0. The van der Waals surface area contributed by atoms with Crippen molar-refractivity contribution >= 4 is 11.7 Å². The van der Waals surface area contributed by atoms with E-state index in [9.17, 15) is 4.79 Å². The molecule has 110 valence electrons. The van der Waals surface area contributed by atoms with Crippen LogP contribution in [-0.2, 0) is 11.2 Å². The molecule has 4 nitrogen and oxygen atoms in total. The Morgan fingerprint density at radius 1 is 1.50 bits per heavy atom. The van der Waals surface area contributed by atoms with Crippen molar-refractivity contribution in [1.29, 1.82) is 0 Å². The molecule has 0 saturated carbocycles. The van der Waals surface area contributed by atoms with E-state index in [1.54, 1.807) is 6.92 Å². The van der Waals surface area contributed by atoms with Gasteiger partial charge in [-0.25, -0.2) is 0 Å². The monoisotopic (exact) mass is 276 g/mol. The third kappa shape index (κ3) is 3.31. The van der Waals surface area contributed by atoms with Gasteiger partial charge in [0.05, 0.1) is 0 Å². The second kappa shape index (κ2) is 5.83. The van der Waals surface area contributed by atoms with E-state index in [-0.39, 0.29) is 0 Å². The predicted molar refractivity (Wildman–Crippen MR) is 81.2 cm³/mol. The van der Waals surface area contributed by atoms with Gasteiger partial charge in [-0.2, -0.15) is 0 Å². The smallest absolute Gasteiger partial charge is 0.323 e. The van der Waals surface area contributed by atoms with E-state index in [0.717, 1.165) is 32.4 Å². The minimum Gasteiger partial charge on any atom is -0.480 e. The van der Waals surface area contributed by atoms with Crippen LogP contribution in [0.3, 0.4) is 0 Å². The molecule has 3 N–H and O–H groups in total. The molecule has 0 aliphatic carbocycles. The van der Waals surface area contributed by atoms with Gasteiger partial charge in [-0.05, 0) is 51.2 Å². The maximum Gasteiger partial charge on any atom is 0.323 e. The average molecular weight is 276 g/mol. The molecular formula is C16H24N2O2. The number of nitrogens with zero attached hydrogens (tertiary/aromatic N) is 1. The van der Waals surface area contributed by atoms with Gasteiger partial charge in [-0.15, -0.1) is 0 Å². The van der Waals surface area contributed by atoms with Gasteiger partial charge in [-0.1, -0.05) is 17.7 Å². The standard InChI is InChI=1S/C16H24N2O2/c1-12-6-7-14-13(11-12)5-3-9-18(14)10-4-8-16(2,17)15(19)20/h6-7,11H,3-5,8-10,17H2,1-2H3,(H,19,20). The first-order chi connectivity index (χ1) is 9.40. The molecule has 0 spiro atoms. The van der Waals surface area contributed by atoms with Crippen LogP contribution in [-0.4, -0.2) is 29.7 Å². The maximum atomic E-state index is 11.0. The third-order valence-corrected chi connectivity index (χ3v) is 4.06. The highest BCUT2D eigenvalue weighted by Crippen LogP contribution is 2.28. The molecule has 0 aromatic heterocycles. The zero-order chi connectivity index (χ0) is 14.8. The maximum absolute atomic E-state index is 11.0. The molecule has 0 amide bonds. The molecule has 1 unspecified atom stereocenters. The molecule has 1 heterocycles. The van der Waals surface area contributed by atoms with Crippen LogP contribution < -0.4 is 10.6 Å². The lowest BCUT2D eigenvalue weighted by Crippen LogP contribution is -2.45. The normalized spacial score (nSPS) is 17.4. The molecule has 4 heteroatoms. The molecule has 0 radical (unpaired) electrons. The molecule has 1 aromatic rings. The molecular weight excluding hydrogens is 252 g/mol. The number of aliphatic carboxylic acids is 1. The van der Waals surface area contributed by atoms with E-state index >= 15 is 0 Å². The van der Waals surface area contributed by atoms with E-state index in [4.69, 9.17) is 10.8 Å². The van der Waals surface area contributed by atoms with Crippen molar-refractivity contribution in [3.8, 4) is 0 Å². The van der Waals surface area contributed by atoms with Crippen LogP contribution in [0.25, 0.3) is 0 Å². The van der Waals surface area contributed by atoms with Crippen molar-refractivity contribution < 1.29 is 9.90 Å². The Morgan fingerprint density at radius 2 is 2.25 bits per heavy atom. The molecule has 0 saturated heterocycles. The summed E-state index contributed by atoms with van der Waals surface area (Å²) in [5, 5.41) is 9.03. The average Bonchev–Trinajstić information content (AvgIpc) is 2.38. The first-order valence-electron chi connectivity index (χ1n) is 7.27. The fourth-order valence-corrected chi connectivity index (χ4v) is 2.78. The molecule has 1 atom stereocenters. The largest absolute Gasteiger partial charge is 0.480 e. The van der Waals surface area contributed by atoms with Gasteiger partial charge in [-0.3, -0.25) is 4.79 Å². The third-order valence-electron chi connectivity index (χ3n) is 4.06. The number of carboxylic acid groups (broad SMARTS) is 1. The van der Waals surface area contributed by atoms with Crippen LogP contribution in [0.15, 0.2) is 18.2 Å². The number of fused-ring (bicyclic) bond motifs is 1. The number of rotatable bonds is 5. The topological polar surface area (TPSA) is 66.6 Å². The number of hydrogen-bond donors (Lipinski definition) is 2. The fourth-order valence-electron chi connectivity index (χ4n) is 2.78. The summed E-state index contributed by atoms with van der Waals surface area (Å²) in [6.07, 6.45) is 3.60. The van der Waals surface area contributed by atoms with E-state index < -0.39 is 11.5 Å². The van der Waals surface area contributed by atoms with Gasteiger partial charge in [0.1, 0.15) is 5.54 Å². The lowest BCUT2D eigenvalue weighted by Gasteiger charge is -2.32. The highest BCUT2D eigenvalue weighted by molar-refractivity contribution is 5.77. The summed E-state index contributed by atoms with van der Waals surface area (Å²) in [5.74, 6) is -0.924. The molecule has 0 bridgehead atoms. The Bertz CT molecular complexity index is 497. The number of anilines is 1. The van der Waals surface area contributed by atoms with Gasteiger partial charge >= 0.3 is 5.97 Å². The number of benzene rings is 1. The second-order valence-corrected chi connectivity index (χ2v) is 6.05. The number of aryl methyl sites for hydroxylation is 2. The van der Waals surface area contributed by atoms with E-state index in [0.29, 0.717) is 6.42 Å². The van der Waals surface area contributed by atoms with Gasteiger partial charge < -0.3 is 15.7 Å². The first-order valence-corrected chi connectivity index (χ1v) is 7.27. The highest BCUT2D eigenvalue weighted by Gasteiger charge is 2.27. The molecule has 0 fully saturated rings. The van der Waals surface area contributed by atoms with E-state index in [2.05, 4.69) is 30.0 Å². The number of hydrogen-bond acceptors (Lipinski definition) is 3. The Kier molecular flexibility index (Phi) is 4.33. The van der Waals surface area contributed by atoms with Crippen molar-refractivity contribution in [1.82, 2.24) is 0 Å². The van der Waals surface area contributed by atoms with Crippen LogP contribution in [0.5, 0.6) is 0 Å². The Labute approximate surface area is 120 Å². The summed E-state index contributed by atoms with van der Waals surface area (Å²) in [6.45, 7) is 5.62. The lowest BCUT2D eigenvalue weighted by atomic mass is 9.96. The Morgan fingerprint density at radius 3 is 2.95 bits per heavy atom. The Hall–Kier alpha value is -1.55. The van der Waals surface area contributed by atoms with Crippen molar-refractivity contribution in [3.63, 3.8) is 0 Å². The first kappa shape index (κ1) is 14.9. The fraction of sp³-hybridized carbons (Fsp3) is 0.562. The Balaban J connectivity index is 1.97. The summed E-state index contributed by atoms with van der Waals surface area (Å²) < 4.78 is 0. The predicted octanol–water partition coefficient (Wildman–Crippen LogP) is 2.33. The van der Waals surface area contributed by atoms with E-state index in [1.165, 1.54) is 16.8 Å². The second-order valence-electron chi connectivity index (χ2n) is 6.05. The molecule has 1 aliphatic rings. The van der Waals surface area contributed by atoms with Crippen LogP contribution in [0.1, 0.15) is 37.3 Å². The van der Waals surface area contributed by atoms with Crippen molar-refractivity contribution in [2.45, 2.75) is 45.1 Å². The lowest BCUT2D eigenvalue weighted by molar-refractivity contribution is -0.142. The summed E-state index contributed by atoms with van der Waals surface area (Å²) in [4.78, 5) is 13.4. The SMILES string of the molecule is Cc1ccc2c(c1)CCCN2CCCC(C)(N)C(=O)O. The highest BCUT2D eigenvalue weighted by atomic mass is 16.4.